The maximum Gasteiger partial charge on any atom is 0.229 e. The van der Waals surface area contributed by atoms with Crippen LogP contribution < -0.4 is 0 Å². The van der Waals surface area contributed by atoms with Gasteiger partial charge in [0.2, 0.25) is 5.91 Å². The van der Waals surface area contributed by atoms with E-state index in [0.29, 0.717) is 13.1 Å². The molecule has 0 radical (unpaired) electrons. The molecule has 0 spiro atoms. The fraction of sp³-hybridized carbons (Fsp3) is 0.933. The highest BCUT2D eigenvalue weighted by molar-refractivity contribution is 5.83. The number of hydrogen-bond acceptors (Lipinski definition) is 3. The Morgan fingerprint density at radius 1 is 0.895 bits per heavy atom. The van der Waals surface area contributed by atoms with Crippen molar-refractivity contribution in [3.05, 3.63) is 0 Å². The number of carbonyl (C=O) groups is 1. The molecule has 0 aromatic rings. The molecule has 4 bridgehead atoms. The zero-order valence-corrected chi connectivity index (χ0v) is 11.3. The van der Waals surface area contributed by atoms with Crippen molar-refractivity contribution in [3.63, 3.8) is 0 Å². The van der Waals surface area contributed by atoms with Gasteiger partial charge in [0.15, 0.2) is 0 Å². The summed E-state index contributed by atoms with van der Waals surface area (Å²) in [5.74, 6) is 2.50. The first-order valence-electron chi connectivity index (χ1n) is 7.71. The summed E-state index contributed by atoms with van der Waals surface area (Å²) >= 11 is 0. The minimum Gasteiger partial charge on any atom is -0.388 e. The van der Waals surface area contributed by atoms with Crippen LogP contribution in [0.25, 0.3) is 0 Å². The quantitative estimate of drug-likeness (QED) is 0.736. The van der Waals surface area contributed by atoms with E-state index in [2.05, 4.69) is 0 Å². The topological polar surface area (TPSA) is 60.8 Å². The van der Waals surface area contributed by atoms with E-state index in [-0.39, 0.29) is 11.3 Å². The van der Waals surface area contributed by atoms with E-state index in [1.165, 1.54) is 19.3 Å². The molecule has 2 N–H and O–H groups in total. The highest BCUT2D eigenvalue weighted by Crippen LogP contribution is 2.60. The van der Waals surface area contributed by atoms with Crippen LogP contribution in [0.3, 0.4) is 0 Å². The Kier molecular flexibility index (Phi) is 2.53. The Bertz CT molecular complexity index is 363. The zero-order valence-electron chi connectivity index (χ0n) is 11.3. The lowest BCUT2D eigenvalue weighted by Crippen LogP contribution is -2.54. The monoisotopic (exact) mass is 265 g/mol. The number of hydrogen-bond donors (Lipinski definition) is 2. The fourth-order valence-corrected chi connectivity index (χ4v) is 5.64. The van der Waals surface area contributed by atoms with Gasteiger partial charge < -0.3 is 15.1 Å². The van der Waals surface area contributed by atoms with Gasteiger partial charge >= 0.3 is 0 Å². The van der Waals surface area contributed by atoms with Crippen molar-refractivity contribution in [2.45, 2.75) is 50.7 Å². The van der Waals surface area contributed by atoms with Gasteiger partial charge in [-0.3, -0.25) is 4.79 Å². The average Bonchev–Trinajstić information content (AvgIpc) is 2.67. The van der Waals surface area contributed by atoms with Crippen LogP contribution in [0.1, 0.15) is 38.5 Å². The number of nitrogens with zero attached hydrogens (tertiary/aromatic N) is 1. The van der Waals surface area contributed by atoms with Crippen LogP contribution in [-0.2, 0) is 4.79 Å². The number of aliphatic hydroxyl groups is 2. The summed E-state index contributed by atoms with van der Waals surface area (Å²) in [6, 6.07) is 0. The summed E-state index contributed by atoms with van der Waals surface area (Å²) in [5, 5.41) is 19.3. The number of amides is 1. The molecule has 0 aromatic carbocycles. The highest BCUT2D eigenvalue weighted by atomic mass is 16.3. The van der Waals surface area contributed by atoms with Gasteiger partial charge in [-0.2, -0.15) is 0 Å². The maximum atomic E-state index is 12.9. The van der Waals surface area contributed by atoms with E-state index in [0.717, 1.165) is 37.0 Å². The van der Waals surface area contributed by atoms with Crippen molar-refractivity contribution in [1.29, 1.82) is 0 Å². The minimum atomic E-state index is -0.752. The molecule has 1 amide bonds. The molecule has 5 aliphatic rings. The number of aliphatic hydroxyl groups excluding tert-OH is 2. The van der Waals surface area contributed by atoms with Gasteiger partial charge in [0.05, 0.1) is 17.6 Å². The second kappa shape index (κ2) is 3.95. The van der Waals surface area contributed by atoms with Crippen molar-refractivity contribution in [2.24, 2.45) is 23.2 Å². The summed E-state index contributed by atoms with van der Waals surface area (Å²) in [5.41, 5.74) is -0.140. The third kappa shape index (κ3) is 1.76. The molecular formula is C15H23NO3. The molecule has 0 unspecified atom stereocenters. The van der Waals surface area contributed by atoms with E-state index < -0.39 is 12.2 Å². The van der Waals surface area contributed by atoms with Gasteiger partial charge in [-0.05, 0) is 56.3 Å². The van der Waals surface area contributed by atoms with Gasteiger partial charge in [0.25, 0.3) is 0 Å². The van der Waals surface area contributed by atoms with Crippen molar-refractivity contribution in [1.82, 2.24) is 4.90 Å². The van der Waals surface area contributed by atoms with Crippen molar-refractivity contribution < 1.29 is 15.0 Å². The first kappa shape index (κ1) is 12.2. The third-order valence-electron chi connectivity index (χ3n) is 6.04. The summed E-state index contributed by atoms with van der Waals surface area (Å²) in [4.78, 5) is 14.6. The molecule has 19 heavy (non-hydrogen) atoms. The minimum absolute atomic E-state index is 0.140. The molecule has 1 saturated heterocycles. The Morgan fingerprint density at radius 2 is 1.32 bits per heavy atom. The predicted molar refractivity (Wildman–Crippen MR) is 69.2 cm³/mol. The van der Waals surface area contributed by atoms with Gasteiger partial charge in [-0.25, -0.2) is 0 Å². The molecule has 1 aliphatic heterocycles. The molecule has 4 heteroatoms. The van der Waals surface area contributed by atoms with E-state index in [1.807, 2.05) is 0 Å². The van der Waals surface area contributed by atoms with Gasteiger partial charge in [-0.1, -0.05) is 0 Å². The summed E-state index contributed by atoms with van der Waals surface area (Å²) < 4.78 is 0. The largest absolute Gasteiger partial charge is 0.388 e. The van der Waals surface area contributed by atoms with Crippen LogP contribution in [0.2, 0.25) is 0 Å². The zero-order chi connectivity index (χ0) is 13.2. The lowest BCUT2D eigenvalue weighted by molar-refractivity contribution is -0.157. The van der Waals surface area contributed by atoms with E-state index in [1.54, 1.807) is 4.90 Å². The van der Waals surface area contributed by atoms with Crippen molar-refractivity contribution >= 4 is 5.91 Å². The summed E-state index contributed by atoms with van der Waals surface area (Å²) in [6.45, 7) is 0.642. The number of likely N-dealkylation sites (tertiary alicyclic amines) is 1. The normalized spacial score (nSPS) is 51.9. The van der Waals surface area contributed by atoms with Crippen LogP contribution in [0, 0.1) is 23.2 Å². The maximum absolute atomic E-state index is 12.9. The summed E-state index contributed by atoms with van der Waals surface area (Å²) in [7, 11) is 0. The predicted octanol–water partition coefficient (Wildman–Crippen LogP) is 0.767. The number of carbonyl (C=O) groups excluding carboxylic acids is 1. The Balaban J connectivity index is 1.57. The fourth-order valence-electron chi connectivity index (χ4n) is 5.64. The van der Waals surface area contributed by atoms with Crippen LogP contribution in [-0.4, -0.2) is 46.3 Å². The lowest BCUT2D eigenvalue weighted by atomic mass is 9.49. The molecule has 106 valence electrons. The lowest BCUT2D eigenvalue weighted by Gasteiger charge is -2.56. The first-order chi connectivity index (χ1) is 9.06. The second-order valence-electron chi connectivity index (χ2n) is 7.54. The SMILES string of the molecule is O=C(N1C[C@@H](O)[C@@H](O)C1)C12CC3CC(CC(C3)C1)C2. The van der Waals surface area contributed by atoms with Gasteiger partial charge in [-0.15, -0.1) is 0 Å². The highest BCUT2D eigenvalue weighted by Gasteiger charge is 2.56. The Labute approximate surface area is 113 Å². The molecule has 4 aliphatic carbocycles. The standard InChI is InChI=1S/C15H23NO3/c17-12-7-16(8-13(12)18)14(19)15-4-9-1-10(5-15)3-11(2-9)6-15/h9-13,17-18H,1-8H2/t9?,10?,11?,12-,13+,15?. The van der Waals surface area contributed by atoms with Gasteiger partial charge in [0, 0.05) is 13.1 Å². The van der Waals surface area contributed by atoms with E-state index >= 15 is 0 Å². The van der Waals surface area contributed by atoms with Crippen molar-refractivity contribution in [3.8, 4) is 0 Å². The smallest absolute Gasteiger partial charge is 0.229 e. The Hall–Kier alpha value is -0.610. The molecule has 4 saturated carbocycles. The number of β-amino-alcohol motifs (C(OH)–C–C–N with tert-alkyl or cyclic N) is 2. The van der Waals surface area contributed by atoms with Crippen LogP contribution in [0.15, 0.2) is 0 Å². The average molecular weight is 265 g/mol. The third-order valence-corrected chi connectivity index (χ3v) is 6.04. The molecule has 0 aromatic heterocycles. The number of rotatable bonds is 1. The molecule has 5 fully saturated rings. The molecule has 5 rings (SSSR count). The van der Waals surface area contributed by atoms with E-state index in [4.69, 9.17) is 0 Å². The summed E-state index contributed by atoms with van der Waals surface area (Å²) in [6.07, 6.45) is 5.66. The van der Waals surface area contributed by atoms with Crippen LogP contribution >= 0.6 is 0 Å². The molecule has 1 heterocycles. The van der Waals surface area contributed by atoms with Gasteiger partial charge in [0.1, 0.15) is 0 Å². The first-order valence-corrected chi connectivity index (χ1v) is 7.71. The van der Waals surface area contributed by atoms with Crippen molar-refractivity contribution in [2.75, 3.05) is 13.1 Å². The van der Waals surface area contributed by atoms with Crippen LogP contribution in [0.5, 0.6) is 0 Å². The molecule has 4 nitrogen and oxygen atoms in total. The molecular weight excluding hydrogens is 242 g/mol. The van der Waals surface area contributed by atoms with E-state index in [9.17, 15) is 15.0 Å². The molecule has 2 atom stereocenters. The Morgan fingerprint density at radius 3 is 1.74 bits per heavy atom. The second-order valence-corrected chi connectivity index (χ2v) is 7.54. The van der Waals surface area contributed by atoms with Crippen LogP contribution in [0.4, 0.5) is 0 Å².